The fourth-order valence-electron chi connectivity index (χ4n) is 1.67. The largest absolute Gasteiger partial charge is 0.322 e. The fraction of sp³-hybridized carbons (Fsp3) is 0.0714. The van der Waals surface area contributed by atoms with Gasteiger partial charge in [-0.15, -0.1) is 0 Å². The van der Waals surface area contributed by atoms with Gasteiger partial charge in [0.2, 0.25) is 0 Å². The van der Waals surface area contributed by atoms with Crippen molar-refractivity contribution in [3.8, 4) is 0 Å². The van der Waals surface area contributed by atoms with E-state index < -0.39 is 23.1 Å². The second-order valence-electron chi connectivity index (χ2n) is 4.01. The molecule has 2 rings (SSSR count). The molecular formula is C14H10ClF2NO. The van der Waals surface area contributed by atoms with Gasteiger partial charge in [-0.25, -0.2) is 8.78 Å². The van der Waals surface area contributed by atoms with Gasteiger partial charge in [-0.2, -0.15) is 0 Å². The molecule has 98 valence electrons. The van der Waals surface area contributed by atoms with E-state index in [1.54, 1.807) is 25.1 Å². The molecule has 0 atom stereocenters. The molecule has 0 spiro atoms. The molecule has 0 aromatic heterocycles. The molecule has 1 amide bonds. The molecule has 0 bridgehead atoms. The van der Waals surface area contributed by atoms with E-state index in [-0.39, 0.29) is 0 Å². The molecule has 0 heterocycles. The predicted octanol–water partition coefficient (Wildman–Crippen LogP) is 4.18. The molecule has 1 N–H and O–H groups in total. The summed E-state index contributed by atoms with van der Waals surface area (Å²) < 4.78 is 26.9. The van der Waals surface area contributed by atoms with Crippen LogP contribution >= 0.6 is 11.6 Å². The number of amides is 1. The number of nitrogens with one attached hydrogen (secondary N) is 1. The Morgan fingerprint density at radius 1 is 1.16 bits per heavy atom. The minimum absolute atomic E-state index is 0.456. The van der Waals surface area contributed by atoms with Crippen LogP contribution in [0.1, 0.15) is 15.9 Å². The third kappa shape index (κ3) is 2.90. The first-order valence-electron chi connectivity index (χ1n) is 5.50. The van der Waals surface area contributed by atoms with E-state index in [0.717, 1.165) is 12.1 Å². The highest BCUT2D eigenvalue weighted by Crippen LogP contribution is 2.21. The standard InChI is InChI=1S/C14H10ClF2NO/c1-8-7-9(15)5-6-12(8)18-14(19)13-10(16)3-2-4-11(13)17/h2-7H,1H3,(H,18,19). The Labute approximate surface area is 114 Å². The van der Waals surface area contributed by atoms with E-state index >= 15 is 0 Å². The molecule has 2 aromatic rings. The SMILES string of the molecule is Cc1cc(Cl)ccc1NC(=O)c1c(F)cccc1F. The molecule has 0 aliphatic rings. The highest BCUT2D eigenvalue weighted by Gasteiger charge is 2.17. The van der Waals surface area contributed by atoms with E-state index in [1.165, 1.54) is 6.07 Å². The Balaban J connectivity index is 2.31. The zero-order valence-corrected chi connectivity index (χ0v) is 10.8. The number of aryl methyl sites for hydroxylation is 1. The van der Waals surface area contributed by atoms with Gasteiger partial charge in [0, 0.05) is 10.7 Å². The Morgan fingerprint density at radius 3 is 2.37 bits per heavy atom. The average molecular weight is 282 g/mol. The van der Waals surface area contributed by atoms with Gasteiger partial charge < -0.3 is 5.32 Å². The summed E-state index contributed by atoms with van der Waals surface area (Å²) in [6.45, 7) is 1.74. The summed E-state index contributed by atoms with van der Waals surface area (Å²) in [6, 6.07) is 8.08. The van der Waals surface area contributed by atoms with Crippen molar-refractivity contribution in [2.24, 2.45) is 0 Å². The molecule has 0 radical (unpaired) electrons. The Morgan fingerprint density at radius 2 is 1.79 bits per heavy atom. The normalized spacial score (nSPS) is 10.3. The van der Waals surface area contributed by atoms with Gasteiger partial charge in [0.15, 0.2) is 0 Å². The van der Waals surface area contributed by atoms with Crippen LogP contribution in [0.3, 0.4) is 0 Å². The average Bonchev–Trinajstić information content (AvgIpc) is 2.32. The number of rotatable bonds is 2. The van der Waals surface area contributed by atoms with Crippen LogP contribution in [0.25, 0.3) is 0 Å². The molecule has 5 heteroatoms. The van der Waals surface area contributed by atoms with Crippen molar-refractivity contribution in [1.82, 2.24) is 0 Å². The molecule has 19 heavy (non-hydrogen) atoms. The fourth-order valence-corrected chi connectivity index (χ4v) is 1.89. The summed E-state index contributed by atoms with van der Waals surface area (Å²) in [7, 11) is 0. The van der Waals surface area contributed by atoms with Crippen molar-refractivity contribution >= 4 is 23.2 Å². The van der Waals surface area contributed by atoms with Gasteiger partial charge in [-0.1, -0.05) is 17.7 Å². The van der Waals surface area contributed by atoms with Gasteiger partial charge in [0.1, 0.15) is 17.2 Å². The molecule has 2 aromatic carbocycles. The lowest BCUT2D eigenvalue weighted by molar-refractivity contribution is 0.101. The third-order valence-corrected chi connectivity index (χ3v) is 2.86. The maximum atomic E-state index is 13.4. The minimum Gasteiger partial charge on any atom is -0.322 e. The van der Waals surface area contributed by atoms with Gasteiger partial charge in [-0.3, -0.25) is 4.79 Å². The first-order valence-corrected chi connectivity index (χ1v) is 5.88. The van der Waals surface area contributed by atoms with Crippen LogP contribution in [0.4, 0.5) is 14.5 Å². The highest BCUT2D eigenvalue weighted by atomic mass is 35.5. The quantitative estimate of drug-likeness (QED) is 0.879. The topological polar surface area (TPSA) is 29.1 Å². The molecular weight excluding hydrogens is 272 g/mol. The summed E-state index contributed by atoms with van der Waals surface area (Å²) in [4.78, 5) is 11.9. The number of hydrogen-bond donors (Lipinski definition) is 1. The van der Waals surface area contributed by atoms with E-state index in [1.807, 2.05) is 0 Å². The number of benzene rings is 2. The maximum Gasteiger partial charge on any atom is 0.261 e. The Bertz CT molecular complexity index is 623. The van der Waals surface area contributed by atoms with E-state index in [9.17, 15) is 13.6 Å². The summed E-state index contributed by atoms with van der Waals surface area (Å²) in [6.07, 6.45) is 0. The molecule has 0 fully saturated rings. The second kappa shape index (κ2) is 5.36. The van der Waals surface area contributed by atoms with Crippen molar-refractivity contribution in [2.45, 2.75) is 6.92 Å². The Hall–Kier alpha value is -1.94. The lowest BCUT2D eigenvalue weighted by atomic mass is 10.1. The van der Waals surface area contributed by atoms with Crippen molar-refractivity contribution < 1.29 is 13.6 Å². The summed E-state index contributed by atoms with van der Waals surface area (Å²) >= 11 is 5.79. The van der Waals surface area contributed by atoms with Crippen molar-refractivity contribution in [3.63, 3.8) is 0 Å². The predicted molar refractivity (Wildman–Crippen MR) is 70.5 cm³/mol. The molecule has 0 aliphatic heterocycles. The summed E-state index contributed by atoms with van der Waals surface area (Å²) in [5, 5.41) is 2.98. The molecule has 0 aliphatic carbocycles. The third-order valence-electron chi connectivity index (χ3n) is 2.63. The van der Waals surface area contributed by atoms with Crippen molar-refractivity contribution in [3.05, 3.63) is 64.2 Å². The van der Waals surface area contributed by atoms with Crippen LogP contribution in [0.15, 0.2) is 36.4 Å². The zero-order valence-electron chi connectivity index (χ0n) is 10.0. The minimum atomic E-state index is -0.899. The molecule has 0 saturated carbocycles. The summed E-state index contributed by atoms with van der Waals surface area (Å²) in [5.41, 5.74) is 0.562. The second-order valence-corrected chi connectivity index (χ2v) is 4.45. The number of anilines is 1. The molecule has 2 nitrogen and oxygen atoms in total. The van der Waals surface area contributed by atoms with Gasteiger partial charge in [-0.05, 0) is 42.8 Å². The number of halogens is 3. The van der Waals surface area contributed by atoms with Crippen molar-refractivity contribution in [2.75, 3.05) is 5.32 Å². The smallest absolute Gasteiger partial charge is 0.261 e. The zero-order chi connectivity index (χ0) is 14.0. The monoisotopic (exact) mass is 281 g/mol. The lowest BCUT2D eigenvalue weighted by Crippen LogP contribution is -2.16. The van der Waals surface area contributed by atoms with Crippen LogP contribution in [0.5, 0.6) is 0 Å². The van der Waals surface area contributed by atoms with Crippen LogP contribution in [-0.4, -0.2) is 5.91 Å². The van der Waals surface area contributed by atoms with Gasteiger partial charge in [0.25, 0.3) is 5.91 Å². The Kier molecular flexibility index (Phi) is 3.81. The maximum absolute atomic E-state index is 13.4. The van der Waals surface area contributed by atoms with Crippen LogP contribution < -0.4 is 5.32 Å². The van der Waals surface area contributed by atoms with E-state index in [2.05, 4.69) is 5.32 Å². The summed E-state index contributed by atoms with van der Waals surface area (Å²) in [5.74, 6) is -2.63. The lowest BCUT2D eigenvalue weighted by Gasteiger charge is -2.09. The molecule has 0 unspecified atom stereocenters. The molecule has 0 saturated heterocycles. The number of carbonyl (C=O) groups excluding carboxylic acids is 1. The number of carbonyl (C=O) groups is 1. The number of hydrogen-bond acceptors (Lipinski definition) is 1. The van der Waals surface area contributed by atoms with Gasteiger partial charge in [0.05, 0.1) is 0 Å². The van der Waals surface area contributed by atoms with Crippen LogP contribution in [0, 0.1) is 18.6 Å². The van der Waals surface area contributed by atoms with Gasteiger partial charge >= 0.3 is 0 Å². The van der Waals surface area contributed by atoms with E-state index in [4.69, 9.17) is 11.6 Å². The van der Waals surface area contributed by atoms with Crippen LogP contribution in [-0.2, 0) is 0 Å². The van der Waals surface area contributed by atoms with E-state index in [0.29, 0.717) is 16.3 Å². The first-order chi connectivity index (χ1) is 8.99. The highest BCUT2D eigenvalue weighted by molar-refractivity contribution is 6.30. The first kappa shape index (κ1) is 13.5. The van der Waals surface area contributed by atoms with Crippen molar-refractivity contribution in [1.29, 1.82) is 0 Å². The van der Waals surface area contributed by atoms with Crippen LogP contribution in [0.2, 0.25) is 5.02 Å².